The highest BCUT2D eigenvalue weighted by Gasteiger charge is 2.47. The number of likely N-dealkylation sites (N-methyl/N-ethyl adjacent to an activating group) is 1. The van der Waals surface area contributed by atoms with Crippen molar-refractivity contribution in [2.75, 3.05) is 14.1 Å². The molecule has 0 N–H and O–H groups in total. The summed E-state index contributed by atoms with van der Waals surface area (Å²) in [7, 11) is 3.93. The number of hydrogen-bond donors (Lipinski definition) is 0. The number of ether oxygens (including phenoxy) is 6. The van der Waals surface area contributed by atoms with Crippen molar-refractivity contribution >= 4 is 17.7 Å². The molecule has 10 nitrogen and oxygen atoms in total. The van der Waals surface area contributed by atoms with Crippen LogP contribution in [0.5, 0.6) is 0 Å². The Hall–Kier alpha value is -1.59. The Morgan fingerprint density at radius 3 is 1.96 bits per heavy atom. The molecule has 0 aromatic rings. The lowest BCUT2D eigenvalue weighted by molar-refractivity contribution is -0.294. The summed E-state index contributed by atoms with van der Waals surface area (Å²) in [6, 6.07) is -0.125. The van der Waals surface area contributed by atoms with Crippen molar-refractivity contribution in [3.63, 3.8) is 0 Å². The van der Waals surface area contributed by atoms with E-state index in [1.807, 2.05) is 46.7 Å². The lowest BCUT2D eigenvalue weighted by atomic mass is 9.77. The fourth-order valence-electron chi connectivity index (χ4n) is 8.65. The lowest BCUT2D eigenvalue weighted by Crippen LogP contribution is -2.58. The summed E-state index contributed by atoms with van der Waals surface area (Å²) in [6.45, 7) is 21.9. The van der Waals surface area contributed by atoms with E-state index in [4.69, 9.17) is 28.4 Å². The van der Waals surface area contributed by atoms with E-state index in [2.05, 4.69) is 41.5 Å². The molecule has 0 aliphatic carbocycles. The van der Waals surface area contributed by atoms with Gasteiger partial charge in [-0.1, -0.05) is 54.9 Å². The zero-order valence-corrected chi connectivity index (χ0v) is 32.8. The molecule has 4 unspecified atom stereocenters. The van der Waals surface area contributed by atoms with Crippen LogP contribution in [-0.4, -0.2) is 92.0 Å². The Labute approximate surface area is 297 Å². The number of carbonyl (C=O) groups is 3. The van der Waals surface area contributed by atoms with Crippen LogP contribution in [0.4, 0.5) is 0 Å². The third kappa shape index (κ3) is 11.4. The van der Waals surface area contributed by atoms with Gasteiger partial charge >= 0.3 is 11.9 Å². The number of cyclic esters (lactones) is 1. The van der Waals surface area contributed by atoms with Crippen LogP contribution < -0.4 is 0 Å². The second-order valence-corrected chi connectivity index (χ2v) is 16.4. The molecule has 0 aromatic heterocycles. The summed E-state index contributed by atoms with van der Waals surface area (Å²) in [4.78, 5) is 42.4. The molecule has 3 fully saturated rings. The van der Waals surface area contributed by atoms with E-state index in [1.165, 1.54) is 6.92 Å². The minimum Gasteiger partial charge on any atom is -0.462 e. The van der Waals surface area contributed by atoms with Crippen molar-refractivity contribution in [2.45, 2.75) is 176 Å². The van der Waals surface area contributed by atoms with Crippen LogP contribution in [0.2, 0.25) is 0 Å². The first-order chi connectivity index (χ1) is 22.9. The minimum absolute atomic E-state index is 0.0315. The second-order valence-electron chi connectivity index (χ2n) is 16.4. The smallest absolute Gasteiger partial charge is 0.311 e. The first kappa shape index (κ1) is 41.8. The molecule has 3 aliphatic heterocycles. The van der Waals surface area contributed by atoms with Crippen LogP contribution in [0.15, 0.2) is 0 Å². The Morgan fingerprint density at radius 2 is 1.39 bits per heavy atom. The molecule has 0 amide bonds. The number of Topliss-reactive ketones (excluding diaryl/α,β-unsaturated/α-hetero) is 1. The highest BCUT2D eigenvalue weighted by atomic mass is 16.7. The SMILES string of the molecule is CCC[C@H]1OC(=O)[C@H](C)[C@@H](O[C@H]2CC(C)CC(C)O2)[C@H](C)[C@@H](O[C@@H]2O[C@H](C)CC(N(C)C)C2OC(C)=O)[C@@H](C)C[C@@H](C)C(=O)[C@H](C)C[C@H]1C. The van der Waals surface area contributed by atoms with Crippen LogP contribution in [0.25, 0.3) is 0 Å². The summed E-state index contributed by atoms with van der Waals surface area (Å²) < 4.78 is 38.8. The van der Waals surface area contributed by atoms with Gasteiger partial charge in [0.05, 0.1) is 36.4 Å². The van der Waals surface area contributed by atoms with Crippen molar-refractivity contribution in [1.29, 1.82) is 0 Å². The van der Waals surface area contributed by atoms with Crippen molar-refractivity contribution in [2.24, 2.45) is 41.4 Å². The van der Waals surface area contributed by atoms with E-state index in [-0.39, 0.29) is 65.7 Å². The third-order valence-corrected chi connectivity index (χ3v) is 11.2. The molecule has 3 saturated heterocycles. The normalized spacial score (nSPS) is 43.5. The van der Waals surface area contributed by atoms with E-state index in [0.29, 0.717) is 25.2 Å². The quantitative estimate of drug-likeness (QED) is 0.251. The van der Waals surface area contributed by atoms with Gasteiger partial charge < -0.3 is 33.3 Å². The third-order valence-electron chi connectivity index (χ3n) is 11.2. The molecule has 0 bridgehead atoms. The molecule has 0 saturated carbocycles. The van der Waals surface area contributed by atoms with Crippen molar-refractivity contribution < 1.29 is 42.8 Å². The van der Waals surface area contributed by atoms with Crippen LogP contribution in [-0.2, 0) is 42.8 Å². The molecule has 0 radical (unpaired) electrons. The summed E-state index contributed by atoms with van der Waals surface area (Å²) in [6.07, 6.45) is 1.59. The van der Waals surface area contributed by atoms with Gasteiger partial charge in [0.25, 0.3) is 0 Å². The monoisotopic (exact) mass is 695 g/mol. The lowest BCUT2D eigenvalue weighted by Gasteiger charge is -2.46. The second kappa shape index (κ2) is 18.8. The first-order valence-corrected chi connectivity index (χ1v) is 19.1. The topological polar surface area (TPSA) is 110 Å². The Kier molecular flexibility index (Phi) is 16.0. The number of carbonyl (C=O) groups excluding carboxylic acids is 3. The average Bonchev–Trinajstić information content (AvgIpc) is 3.00. The molecule has 16 atom stereocenters. The molecule has 49 heavy (non-hydrogen) atoms. The van der Waals surface area contributed by atoms with E-state index in [9.17, 15) is 14.4 Å². The van der Waals surface area contributed by atoms with Gasteiger partial charge in [0.1, 0.15) is 11.9 Å². The number of nitrogens with zero attached hydrogens (tertiary/aromatic N) is 1. The van der Waals surface area contributed by atoms with Gasteiger partial charge in [-0.25, -0.2) is 0 Å². The standard InChI is InChI=1S/C39H69NO9/c1-14-15-32-22(3)18-23(4)34(42)24(5)19-25(6)35(49-39-37(46-30(11)41)31(40(12)13)20-27(8)45-39)28(9)36(29(10)38(43)47-32)48-33-17-21(2)16-26(7)44-33/h21-29,31-33,35-37,39H,14-20H2,1-13H3/t21?,22-,23-,24-,25+,26?,27-,28-,29-,31?,32-,33+,35+,36+,37?,39+/m1/s1. The Balaban J connectivity index is 2.10. The van der Waals surface area contributed by atoms with Crippen molar-refractivity contribution in [1.82, 2.24) is 4.90 Å². The molecular formula is C39H69NO9. The maximum Gasteiger partial charge on any atom is 0.311 e. The first-order valence-electron chi connectivity index (χ1n) is 19.1. The molecule has 3 rings (SSSR count). The average molecular weight is 696 g/mol. The number of ketones is 1. The molecule has 10 heteroatoms. The summed E-state index contributed by atoms with van der Waals surface area (Å²) >= 11 is 0. The van der Waals surface area contributed by atoms with Gasteiger partial charge in [0.2, 0.25) is 0 Å². The largest absolute Gasteiger partial charge is 0.462 e. The molecule has 284 valence electrons. The van der Waals surface area contributed by atoms with Gasteiger partial charge in [-0.05, 0) is 84.7 Å². The van der Waals surface area contributed by atoms with Gasteiger partial charge in [-0.3, -0.25) is 14.4 Å². The Bertz CT molecular complexity index is 1060. The summed E-state index contributed by atoms with van der Waals surface area (Å²) in [5.41, 5.74) is 0. The number of rotatable bonds is 8. The minimum atomic E-state index is -0.859. The van der Waals surface area contributed by atoms with Crippen LogP contribution >= 0.6 is 0 Å². The van der Waals surface area contributed by atoms with E-state index in [0.717, 1.165) is 25.7 Å². The van der Waals surface area contributed by atoms with Crippen LogP contribution in [0.3, 0.4) is 0 Å². The maximum absolute atomic E-state index is 14.1. The zero-order valence-electron chi connectivity index (χ0n) is 32.8. The van der Waals surface area contributed by atoms with Crippen molar-refractivity contribution in [3.8, 4) is 0 Å². The molecule has 0 spiro atoms. The Morgan fingerprint density at radius 1 is 0.776 bits per heavy atom. The van der Waals surface area contributed by atoms with Gasteiger partial charge in [-0.15, -0.1) is 0 Å². The molecule has 3 heterocycles. The van der Waals surface area contributed by atoms with E-state index in [1.54, 1.807) is 0 Å². The fraction of sp³-hybridized carbons (Fsp3) is 0.923. The van der Waals surface area contributed by atoms with Gasteiger partial charge in [0, 0.05) is 31.1 Å². The summed E-state index contributed by atoms with van der Waals surface area (Å²) in [5, 5.41) is 0. The van der Waals surface area contributed by atoms with E-state index < -0.39 is 42.8 Å². The van der Waals surface area contributed by atoms with Crippen molar-refractivity contribution in [3.05, 3.63) is 0 Å². The molecule has 3 aliphatic rings. The highest BCUT2D eigenvalue weighted by Crippen LogP contribution is 2.38. The highest BCUT2D eigenvalue weighted by molar-refractivity contribution is 5.82. The van der Waals surface area contributed by atoms with Gasteiger partial charge in [0.15, 0.2) is 18.7 Å². The van der Waals surface area contributed by atoms with Gasteiger partial charge in [-0.2, -0.15) is 0 Å². The fourth-order valence-corrected chi connectivity index (χ4v) is 8.65. The zero-order chi connectivity index (χ0) is 36.7. The summed E-state index contributed by atoms with van der Waals surface area (Å²) in [5.74, 6) is -1.57. The molecular weight excluding hydrogens is 626 g/mol. The number of hydrogen-bond acceptors (Lipinski definition) is 10. The maximum atomic E-state index is 14.1. The van der Waals surface area contributed by atoms with Crippen LogP contribution in [0.1, 0.15) is 121 Å². The van der Waals surface area contributed by atoms with E-state index >= 15 is 0 Å². The predicted molar refractivity (Wildman–Crippen MR) is 188 cm³/mol. The predicted octanol–water partition coefficient (Wildman–Crippen LogP) is 6.81. The van der Waals surface area contributed by atoms with Crippen LogP contribution in [0, 0.1) is 41.4 Å². The molecule has 0 aromatic carbocycles. The number of esters is 2.